The van der Waals surface area contributed by atoms with Gasteiger partial charge < -0.3 is 21.9 Å². The molecule has 2 rings (SSSR count). The number of carbonyl (C=O) groups excluding carboxylic acids is 1. The molecule has 2 aromatic rings. The fourth-order valence-electron chi connectivity index (χ4n) is 1.54. The van der Waals surface area contributed by atoms with E-state index in [0.29, 0.717) is 0 Å². The van der Waals surface area contributed by atoms with E-state index in [2.05, 4.69) is 4.98 Å². The zero-order chi connectivity index (χ0) is 15.6. The zero-order valence-corrected chi connectivity index (χ0v) is 10.6. The molecular formula is C12H11N5O4. The molecule has 0 saturated carbocycles. The van der Waals surface area contributed by atoms with Gasteiger partial charge in [0.2, 0.25) is 17.5 Å². The van der Waals surface area contributed by atoms with Gasteiger partial charge in [0.05, 0.1) is 10.6 Å². The Kier molecular flexibility index (Phi) is 3.57. The third-order valence-electron chi connectivity index (χ3n) is 2.59. The second-order valence-electron chi connectivity index (χ2n) is 4.03. The van der Waals surface area contributed by atoms with Gasteiger partial charge in [-0.15, -0.1) is 0 Å². The average Bonchev–Trinajstić information content (AvgIpc) is 2.43. The summed E-state index contributed by atoms with van der Waals surface area (Å²) in [5.74, 6) is -0.790. The van der Waals surface area contributed by atoms with Crippen LogP contribution < -0.4 is 21.9 Å². The minimum atomic E-state index is -0.778. The van der Waals surface area contributed by atoms with Crippen LogP contribution in [-0.2, 0) is 0 Å². The van der Waals surface area contributed by atoms with Gasteiger partial charge in [-0.05, 0) is 18.2 Å². The lowest BCUT2D eigenvalue weighted by Crippen LogP contribution is -2.11. The summed E-state index contributed by atoms with van der Waals surface area (Å²) >= 11 is 0. The first kappa shape index (κ1) is 14.1. The van der Waals surface area contributed by atoms with Crippen LogP contribution in [0.5, 0.6) is 11.6 Å². The van der Waals surface area contributed by atoms with Crippen LogP contribution in [0.3, 0.4) is 0 Å². The van der Waals surface area contributed by atoms with E-state index in [-0.39, 0.29) is 28.7 Å². The van der Waals surface area contributed by atoms with Gasteiger partial charge in [-0.25, -0.2) is 0 Å². The van der Waals surface area contributed by atoms with Gasteiger partial charge in [-0.2, -0.15) is 4.98 Å². The van der Waals surface area contributed by atoms with E-state index >= 15 is 0 Å². The maximum Gasteiger partial charge on any atom is 0.312 e. The molecule has 1 aromatic carbocycles. The number of nitrogens with two attached hydrogens (primary N) is 3. The number of anilines is 2. The molecule has 0 saturated heterocycles. The number of pyridine rings is 1. The minimum Gasteiger partial charge on any atom is -0.432 e. The predicted molar refractivity (Wildman–Crippen MR) is 74.8 cm³/mol. The average molecular weight is 289 g/mol. The molecule has 1 aromatic heterocycles. The molecule has 0 radical (unpaired) electrons. The summed E-state index contributed by atoms with van der Waals surface area (Å²) in [5, 5.41) is 11.0. The largest absolute Gasteiger partial charge is 0.432 e. The molecule has 9 nitrogen and oxygen atoms in total. The van der Waals surface area contributed by atoms with Crippen LogP contribution >= 0.6 is 0 Å². The molecule has 0 bridgehead atoms. The standard InChI is InChI=1S/C12H11N5O4/c13-7-2-4-10(16-11(7)14)21-9-3-1-6(12(15)18)5-8(9)17(19)20/h1-5H,13H2,(H2,14,16)(H2,15,18). The number of ether oxygens (including phenoxy) is 1. The fraction of sp³-hybridized carbons (Fsp3) is 0. The Morgan fingerprint density at radius 3 is 2.52 bits per heavy atom. The Morgan fingerprint density at radius 1 is 1.24 bits per heavy atom. The van der Waals surface area contributed by atoms with Gasteiger partial charge in [0.15, 0.2) is 5.82 Å². The lowest BCUT2D eigenvalue weighted by atomic mass is 10.2. The molecule has 1 heterocycles. The molecule has 9 heteroatoms. The number of nitrogen functional groups attached to an aromatic ring is 2. The first-order chi connectivity index (χ1) is 9.88. The number of primary amides is 1. The normalized spacial score (nSPS) is 10.1. The smallest absolute Gasteiger partial charge is 0.312 e. The number of nitro groups is 1. The summed E-state index contributed by atoms with van der Waals surface area (Å²) in [6, 6.07) is 6.47. The Bertz CT molecular complexity index is 732. The number of nitro benzene ring substituents is 1. The van der Waals surface area contributed by atoms with Crippen LogP contribution in [0.15, 0.2) is 30.3 Å². The lowest BCUT2D eigenvalue weighted by molar-refractivity contribution is -0.385. The summed E-state index contributed by atoms with van der Waals surface area (Å²) in [6.07, 6.45) is 0. The van der Waals surface area contributed by atoms with Gasteiger partial charge in [0.1, 0.15) is 0 Å². The van der Waals surface area contributed by atoms with Crippen LogP contribution in [0.2, 0.25) is 0 Å². The van der Waals surface area contributed by atoms with E-state index in [1.165, 1.54) is 24.3 Å². The van der Waals surface area contributed by atoms with Gasteiger partial charge in [0, 0.05) is 17.7 Å². The van der Waals surface area contributed by atoms with Crippen molar-refractivity contribution in [2.75, 3.05) is 11.5 Å². The lowest BCUT2D eigenvalue weighted by Gasteiger charge is -2.07. The third kappa shape index (κ3) is 2.97. The van der Waals surface area contributed by atoms with E-state index in [1.807, 2.05) is 0 Å². The molecule has 0 fully saturated rings. The van der Waals surface area contributed by atoms with Crippen LogP contribution in [0.25, 0.3) is 0 Å². The van der Waals surface area contributed by atoms with Crippen molar-refractivity contribution in [1.82, 2.24) is 4.98 Å². The predicted octanol–water partition coefficient (Wildman–Crippen LogP) is 1.05. The Labute approximate surface area is 118 Å². The van der Waals surface area contributed by atoms with Crippen molar-refractivity contribution in [3.63, 3.8) is 0 Å². The minimum absolute atomic E-state index is 0.00108. The summed E-state index contributed by atoms with van der Waals surface area (Å²) in [4.78, 5) is 25.2. The quantitative estimate of drug-likeness (QED) is 0.559. The number of aromatic nitrogens is 1. The third-order valence-corrected chi connectivity index (χ3v) is 2.59. The van der Waals surface area contributed by atoms with E-state index in [4.69, 9.17) is 21.9 Å². The number of amides is 1. The number of hydrogen-bond donors (Lipinski definition) is 3. The van der Waals surface area contributed by atoms with Crippen molar-refractivity contribution >= 4 is 23.1 Å². The molecule has 1 amide bonds. The van der Waals surface area contributed by atoms with Crippen molar-refractivity contribution in [2.45, 2.75) is 0 Å². The van der Waals surface area contributed by atoms with Gasteiger partial charge >= 0.3 is 5.69 Å². The van der Waals surface area contributed by atoms with Crippen molar-refractivity contribution in [3.8, 4) is 11.6 Å². The first-order valence-electron chi connectivity index (χ1n) is 5.66. The number of nitrogens with zero attached hydrogens (tertiary/aromatic N) is 2. The van der Waals surface area contributed by atoms with Crippen molar-refractivity contribution in [3.05, 3.63) is 46.0 Å². The highest BCUT2D eigenvalue weighted by atomic mass is 16.6. The number of benzene rings is 1. The summed E-state index contributed by atoms with van der Waals surface area (Å²) in [5.41, 5.74) is 16.0. The van der Waals surface area contributed by atoms with Gasteiger partial charge in [0.25, 0.3) is 0 Å². The van der Waals surface area contributed by atoms with E-state index in [9.17, 15) is 14.9 Å². The highest BCUT2D eigenvalue weighted by Crippen LogP contribution is 2.32. The second kappa shape index (κ2) is 5.33. The maximum absolute atomic E-state index is 11.0. The van der Waals surface area contributed by atoms with E-state index in [0.717, 1.165) is 6.07 Å². The SMILES string of the molecule is NC(=O)c1ccc(Oc2ccc(N)c(N)n2)c([N+](=O)[O-])c1. The topological polar surface area (TPSA) is 160 Å². The Hall–Kier alpha value is -3.36. The highest BCUT2D eigenvalue weighted by Gasteiger charge is 2.19. The van der Waals surface area contributed by atoms with Crippen LogP contribution in [0.4, 0.5) is 17.2 Å². The summed E-state index contributed by atoms with van der Waals surface area (Å²) < 4.78 is 5.30. The molecule has 6 N–H and O–H groups in total. The second-order valence-corrected chi connectivity index (χ2v) is 4.03. The molecule has 0 aliphatic rings. The maximum atomic E-state index is 11.0. The molecule has 0 unspecified atom stereocenters. The summed E-state index contributed by atoms with van der Waals surface area (Å²) in [6.45, 7) is 0. The molecule has 0 aliphatic carbocycles. The molecule has 0 spiro atoms. The van der Waals surface area contributed by atoms with Crippen molar-refractivity contribution in [2.24, 2.45) is 5.73 Å². The Morgan fingerprint density at radius 2 is 1.95 bits per heavy atom. The highest BCUT2D eigenvalue weighted by molar-refractivity contribution is 5.93. The van der Waals surface area contributed by atoms with Crippen LogP contribution in [-0.4, -0.2) is 15.8 Å². The van der Waals surface area contributed by atoms with Gasteiger partial charge in [-0.1, -0.05) is 0 Å². The fourth-order valence-corrected chi connectivity index (χ4v) is 1.54. The van der Waals surface area contributed by atoms with Crippen LogP contribution in [0, 0.1) is 10.1 Å². The monoisotopic (exact) mass is 289 g/mol. The first-order valence-corrected chi connectivity index (χ1v) is 5.66. The van der Waals surface area contributed by atoms with E-state index < -0.39 is 16.5 Å². The van der Waals surface area contributed by atoms with Crippen LogP contribution in [0.1, 0.15) is 10.4 Å². The molecule has 108 valence electrons. The molecule has 0 atom stereocenters. The summed E-state index contributed by atoms with van der Waals surface area (Å²) in [7, 11) is 0. The van der Waals surface area contributed by atoms with Gasteiger partial charge in [-0.3, -0.25) is 14.9 Å². The number of carbonyl (C=O) groups is 1. The molecule has 21 heavy (non-hydrogen) atoms. The molecule has 0 aliphatic heterocycles. The van der Waals surface area contributed by atoms with Crippen molar-refractivity contribution in [1.29, 1.82) is 0 Å². The zero-order valence-electron chi connectivity index (χ0n) is 10.6. The number of rotatable bonds is 4. The Balaban J connectivity index is 2.41. The number of hydrogen-bond acceptors (Lipinski definition) is 7. The molecular weight excluding hydrogens is 278 g/mol. The van der Waals surface area contributed by atoms with E-state index in [1.54, 1.807) is 0 Å². The van der Waals surface area contributed by atoms with Crippen molar-refractivity contribution < 1.29 is 14.5 Å².